The molecule has 4 aromatic rings. The fourth-order valence-corrected chi connectivity index (χ4v) is 4.21. The molecule has 0 saturated heterocycles. The highest BCUT2D eigenvalue weighted by Gasteiger charge is 2.10. The van der Waals surface area contributed by atoms with Crippen molar-refractivity contribution in [2.75, 3.05) is 0 Å². The maximum Gasteiger partial charge on any atom is 0.0575 e. The largest absolute Gasteiger partial charge is 0.335 e. The summed E-state index contributed by atoms with van der Waals surface area (Å²) in [6.45, 7) is 0.921. The van der Waals surface area contributed by atoms with Gasteiger partial charge in [0.1, 0.15) is 0 Å². The van der Waals surface area contributed by atoms with Gasteiger partial charge in [0, 0.05) is 36.5 Å². The number of benzene rings is 2. The Labute approximate surface area is 129 Å². The molecule has 0 fully saturated rings. The molecule has 0 aliphatic carbocycles. The van der Waals surface area contributed by atoms with Gasteiger partial charge in [-0.05, 0) is 34.1 Å². The van der Waals surface area contributed by atoms with Gasteiger partial charge in [-0.15, -0.1) is 11.3 Å². The summed E-state index contributed by atoms with van der Waals surface area (Å²) < 4.78 is 3.57. The lowest BCUT2D eigenvalue weighted by molar-refractivity contribution is 0.885. The molecule has 2 aromatic heterocycles. The number of para-hydroxylation sites is 2. The number of hydrogen-bond acceptors (Lipinski definition) is 1. The van der Waals surface area contributed by atoms with Gasteiger partial charge in [0.15, 0.2) is 0 Å². The van der Waals surface area contributed by atoms with Crippen LogP contribution in [0.1, 0.15) is 4.88 Å². The van der Waals surface area contributed by atoms with Crippen LogP contribution < -0.4 is 0 Å². The third kappa shape index (κ3) is 1.89. The van der Waals surface area contributed by atoms with Crippen LogP contribution in [0.5, 0.6) is 0 Å². The lowest BCUT2D eigenvalue weighted by atomic mass is 10.2. The zero-order valence-electron chi connectivity index (χ0n) is 10.7. The minimum Gasteiger partial charge on any atom is -0.335 e. The minimum absolute atomic E-state index is 0.921. The fraction of sp³-hybridized carbons (Fsp3) is 0.0588. The summed E-state index contributed by atoms with van der Waals surface area (Å²) in [4.78, 5) is 1.36. The second-order valence-corrected chi connectivity index (χ2v) is 6.76. The van der Waals surface area contributed by atoms with E-state index in [-0.39, 0.29) is 0 Å². The van der Waals surface area contributed by atoms with Crippen molar-refractivity contribution in [2.45, 2.75) is 6.54 Å². The monoisotopic (exact) mass is 341 g/mol. The highest BCUT2D eigenvalue weighted by Crippen LogP contribution is 2.30. The minimum atomic E-state index is 0.921. The number of thiophene rings is 1. The zero-order valence-corrected chi connectivity index (χ0v) is 13.1. The van der Waals surface area contributed by atoms with Crippen molar-refractivity contribution in [1.82, 2.24) is 4.57 Å². The smallest absolute Gasteiger partial charge is 0.0575 e. The van der Waals surface area contributed by atoms with Crippen LogP contribution in [0.4, 0.5) is 0 Å². The summed E-state index contributed by atoms with van der Waals surface area (Å²) in [5.41, 5.74) is 2.61. The van der Waals surface area contributed by atoms with Crippen molar-refractivity contribution < 1.29 is 0 Å². The SMILES string of the molecule is Brc1csc(Cn2c3ccccc3c3ccccc32)c1. The average molecular weight is 342 g/mol. The molecule has 0 unspecified atom stereocenters. The van der Waals surface area contributed by atoms with Gasteiger partial charge in [0.2, 0.25) is 0 Å². The van der Waals surface area contributed by atoms with Gasteiger partial charge in [0.25, 0.3) is 0 Å². The first-order valence-corrected chi connectivity index (χ1v) is 8.19. The Hall–Kier alpha value is -1.58. The molecule has 2 aromatic carbocycles. The highest BCUT2D eigenvalue weighted by atomic mass is 79.9. The van der Waals surface area contributed by atoms with E-state index in [1.165, 1.54) is 31.2 Å². The van der Waals surface area contributed by atoms with Crippen LogP contribution in [0.15, 0.2) is 64.5 Å². The van der Waals surface area contributed by atoms with Crippen molar-refractivity contribution in [3.05, 3.63) is 69.3 Å². The van der Waals surface area contributed by atoms with Crippen LogP contribution in [-0.2, 0) is 6.54 Å². The first-order chi connectivity index (χ1) is 9.83. The van der Waals surface area contributed by atoms with E-state index < -0.39 is 0 Å². The number of hydrogen-bond donors (Lipinski definition) is 0. The molecule has 4 rings (SSSR count). The zero-order chi connectivity index (χ0) is 13.5. The Morgan fingerprint density at radius 3 is 2.05 bits per heavy atom. The van der Waals surface area contributed by atoms with E-state index in [1.807, 2.05) is 0 Å². The molecule has 3 heteroatoms. The number of aromatic nitrogens is 1. The van der Waals surface area contributed by atoms with E-state index in [0.29, 0.717) is 0 Å². The predicted octanol–water partition coefficient (Wildman–Crippen LogP) is 5.67. The molecule has 0 radical (unpaired) electrons. The normalized spacial score (nSPS) is 11.4. The van der Waals surface area contributed by atoms with Crippen LogP contribution in [0.25, 0.3) is 21.8 Å². The summed E-state index contributed by atoms with van der Waals surface area (Å²) in [7, 11) is 0. The molecule has 98 valence electrons. The average Bonchev–Trinajstić information content (AvgIpc) is 3.03. The number of rotatable bonds is 2. The molecule has 0 atom stereocenters. The second kappa shape index (κ2) is 4.76. The molecule has 0 saturated carbocycles. The Balaban J connectivity index is 2.00. The van der Waals surface area contributed by atoms with Gasteiger partial charge in [-0.25, -0.2) is 0 Å². The summed E-state index contributed by atoms with van der Waals surface area (Å²) in [6, 6.07) is 19.5. The van der Waals surface area contributed by atoms with Crippen LogP contribution in [0.3, 0.4) is 0 Å². The van der Waals surface area contributed by atoms with Crippen LogP contribution in [-0.4, -0.2) is 4.57 Å². The van der Waals surface area contributed by atoms with Crippen molar-refractivity contribution in [1.29, 1.82) is 0 Å². The summed E-state index contributed by atoms with van der Waals surface area (Å²) in [5, 5.41) is 4.81. The molecule has 0 bridgehead atoms. The van der Waals surface area contributed by atoms with Crippen molar-refractivity contribution in [3.63, 3.8) is 0 Å². The third-order valence-corrected chi connectivity index (χ3v) is 5.30. The van der Waals surface area contributed by atoms with Crippen molar-refractivity contribution in [3.8, 4) is 0 Å². The van der Waals surface area contributed by atoms with Gasteiger partial charge in [-0.1, -0.05) is 36.4 Å². The van der Waals surface area contributed by atoms with Crippen LogP contribution in [0, 0.1) is 0 Å². The Morgan fingerprint density at radius 1 is 0.900 bits per heavy atom. The molecular formula is C17H12BrNS. The first kappa shape index (κ1) is 12.2. The standard InChI is InChI=1S/C17H12BrNS/c18-12-9-13(20-11-12)10-19-16-7-3-1-5-14(16)15-6-2-4-8-17(15)19/h1-9,11H,10H2. The fourth-order valence-electron chi connectivity index (χ4n) is 2.77. The number of nitrogens with zero attached hydrogens (tertiary/aromatic N) is 1. The van der Waals surface area contributed by atoms with E-state index in [0.717, 1.165) is 6.54 Å². The Kier molecular flexibility index (Phi) is 2.90. The maximum atomic E-state index is 3.54. The number of fused-ring (bicyclic) bond motifs is 3. The second-order valence-electron chi connectivity index (χ2n) is 4.85. The molecule has 0 aliphatic heterocycles. The van der Waals surface area contributed by atoms with E-state index in [9.17, 15) is 0 Å². The van der Waals surface area contributed by atoms with Gasteiger partial charge in [0.05, 0.1) is 6.54 Å². The van der Waals surface area contributed by atoms with E-state index in [2.05, 4.69) is 80.5 Å². The third-order valence-electron chi connectivity index (χ3n) is 3.62. The summed E-state index contributed by atoms with van der Waals surface area (Å²) >= 11 is 5.33. The topological polar surface area (TPSA) is 4.93 Å². The van der Waals surface area contributed by atoms with Crippen molar-refractivity contribution in [2.24, 2.45) is 0 Å². The molecule has 1 nitrogen and oxygen atoms in total. The quantitative estimate of drug-likeness (QED) is 0.442. The lowest BCUT2D eigenvalue weighted by Gasteiger charge is -2.05. The summed E-state index contributed by atoms with van der Waals surface area (Å²) in [5.74, 6) is 0. The molecule has 20 heavy (non-hydrogen) atoms. The number of halogens is 1. The van der Waals surface area contributed by atoms with Crippen LogP contribution in [0.2, 0.25) is 0 Å². The van der Waals surface area contributed by atoms with Gasteiger partial charge in [-0.3, -0.25) is 0 Å². The summed E-state index contributed by atoms with van der Waals surface area (Å²) in [6.07, 6.45) is 0. The van der Waals surface area contributed by atoms with E-state index in [4.69, 9.17) is 0 Å². The highest BCUT2D eigenvalue weighted by molar-refractivity contribution is 9.10. The molecular weight excluding hydrogens is 330 g/mol. The van der Waals surface area contributed by atoms with Gasteiger partial charge in [-0.2, -0.15) is 0 Å². The predicted molar refractivity (Wildman–Crippen MR) is 90.6 cm³/mol. The maximum absolute atomic E-state index is 3.54. The van der Waals surface area contributed by atoms with E-state index >= 15 is 0 Å². The Morgan fingerprint density at radius 2 is 1.50 bits per heavy atom. The molecule has 0 amide bonds. The van der Waals surface area contributed by atoms with Crippen LogP contribution >= 0.6 is 27.3 Å². The molecule has 2 heterocycles. The molecule has 0 N–H and O–H groups in total. The van der Waals surface area contributed by atoms with Crippen molar-refractivity contribution >= 4 is 49.1 Å². The van der Waals surface area contributed by atoms with Gasteiger partial charge >= 0.3 is 0 Å². The first-order valence-electron chi connectivity index (χ1n) is 6.52. The van der Waals surface area contributed by atoms with Gasteiger partial charge < -0.3 is 4.57 Å². The molecule has 0 spiro atoms. The van der Waals surface area contributed by atoms with E-state index in [1.54, 1.807) is 11.3 Å². The lowest BCUT2D eigenvalue weighted by Crippen LogP contribution is -1.96. The Bertz CT molecular complexity index is 850. The molecule has 0 aliphatic rings.